The first-order valence-electron chi connectivity index (χ1n) is 4.37. The van der Waals surface area contributed by atoms with Crippen molar-refractivity contribution in [3.8, 4) is 0 Å². The van der Waals surface area contributed by atoms with Gasteiger partial charge in [-0.2, -0.15) is 0 Å². The Morgan fingerprint density at radius 2 is 2.00 bits per heavy atom. The van der Waals surface area contributed by atoms with E-state index in [1.807, 2.05) is 11.6 Å². The van der Waals surface area contributed by atoms with Gasteiger partial charge in [-0.3, -0.25) is 4.79 Å². The van der Waals surface area contributed by atoms with Crippen LogP contribution in [0.25, 0.3) is 0 Å². The number of imidazole rings is 1. The van der Waals surface area contributed by atoms with Crippen LogP contribution in [-0.4, -0.2) is 23.4 Å². The van der Waals surface area contributed by atoms with Crippen molar-refractivity contribution in [2.24, 2.45) is 7.05 Å². The predicted molar refractivity (Wildman–Crippen MR) is 56.2 cm³/mol. The molecule has 0 bridgehead atoms. The highest BCUT2D eigenvalue weighted by atomic mass is 28.3. The summed E-state index contributed by atoms with van der Waals surface area (Å²) in [6, 6.07) is 0. The molecule has 1 rings (SSSR count). The molecule has 0 amide bonds. The Morgan fingerprint density at radius 1 is 1.46 bits per heavy atom. The Hall–Kier alpha value is -0.903. The fraction of sp³-hybridized carbons (Fsp3) is 0.556. The van der Waals surface area contributed by atoms with Crippen LogP contribution in [-0.2, 0) is 7.05 Å². The summed E-state index contributed by atoms with van der Waals surface area (Å²) >= 11 is 0. The van der Waals surface area contributed by atoms with Gasteiger partial charge in [0, 0.05) is 14.0 Å². The SMILES string of the molecule is CC(=O)c1cnc([Si](C)(C)C)n1C. The first-order chi connectivity index (χ1) is 5.84. The Labute approximate surface area is 79.8 Å². The molecule has 1 aromatic heterocycles. The minimum absolute atomic E-state index is 0.0829. The number of nitrogens with zero attached hydrogens (tertiary/aromatic N) is 2. The molecule has 0 aliphatic rings. The molecular formula is C9H16N2OSi. The summed E-state index contributed by atoms with van der Waals surface area (Å²) in [6.07, 6.45) is 1.68. The Morgan fingerprint density at radius 3 is 2.23 bits per heavy atom. The van der Waals surface area contributed by atoms with Gasteiger partial charge in [-0.1, -0.05) is 19.6 Å². The van der Waals surface area contributed by atoms with Gasteiger partial charge in [0.1, 0.15) is 13.8 Å². The van der Waals surface area contributed by atoms with Crippen LogP contribution in [0.3, 0.4) is 0 Å². The van der Waals surface area contributed by atoms with Crippen LogP contribution in [0.2, 0.25) is 19.6 Å². The minimum Gasteiger partial charge on any atom is -0.333 e. The van der Waals surface area contributed by atoms with Crippen LogP contribution in [0.5, 0.6) is 0 Å². The topological polar surface area (TPSA) is 34.9 Å². The van der Waals surface area contributed by atoms with Crippen LogP contribution in [0.1, 0.15) is 17.4 Å². The fourth-order valence-corrected chi connectivity index (χ4v) is 3.01. The summed E-state index contributed by atoms with van der Waals surface area (Å²) < 4.78 is 1.93. The standard InChI is InChI=1S/C9H16N2OSi/c1-7(12)8-6-10-9(11(8)2)13(3,4)5/h6H,1-5H3. The smallest absolute Gasteiger partial charge is 0.177 e. The first kappa shape index (κ1) is 10.2. The maximum Gasteiger partial charge on any atom is 0.177 e. The second-order valence-corrected chi connectivity index (χ2v) is 9.28. The predicted octanol–water partition coefficient (Wildman–Crippen LogP) is 1.17. The molecule has 0 saturated carbocycles. The zero-order valence-corrected chi connectivity index (χ0v) is 9.88. The number of ketones is 1. The first-order valence-corrected chi connectivity index (χ1v) is 7.87. The fourth-order valence-electron chi connectivity index (χ4n) is 1.43. The molecule has 0 N–H and O–H groups in total. The lowest BCUT2D eigenvalue weighted by Gasteiger charge is -2.15. The molecule has 3 nitrogen and oxygen atoms in total. The van der Waals surface area contributed by atoms with E-state index in [-0.39, 0.29) is 5.78 Å². The summed E-state index contributed by atoms with van der Waals surface area (Å²) in [7, 11) is 0.511. The second kappa shape index (κ2) is 3.10. The van der Waals surface area contributed by atoms with E-state index in [1.54, 1.807) is 13.1 Å². The number of rotatable bonds is 2. The highest BCUT2D eigenvalue weighted by molar-refractivity contribution is 6.87. The van der Waals surface area contributed by atoms with Crippen molar-refractivity contribution in [1.29, 1.82) is 0 Å². The average Bonchev–Trinajstić information content (AvgIpc) is 2.28. The van der Waals surface area contributed by atoms with Gasteiger partial charge in [-0.15, -0.1) is 0 Å². The minimum atomic E-state index is -1.40. The quantitative estimate of drug-likeness (QED) is 0.525. The molecule has 0 saturated heterocycles. The summed E-state index contributed by atoms with van der Waals surface area (Å²) in [4.78, 5) is 15.5. The number of Topliss-reactive ketones (excluding diaryl/α,β-unsaturated/α-hetero) is 1. The van der Waals surface area contributed by atoms with E-state index in [1.165, 1.54) is 0 Å². The third kappa shape index (κ3) is 1.88. The van der Waals surface area contributed by atoms with Crippen molar-refractivity contribution < 1.29 is 4.79 Å². The number of carbonyl (C=O) groups is 1. The third-order valence-corrected chi connectivity index (χ3v) is 3.83. The van der Waals surface area contributed by atoms with Crippen molar-refractivity contribution in [2.45, 2.75) is 26.6 Å². The van der Waals surface area contributed by atoms with Crippen LogP contribution < -0.4 is 5.45 Å². The lowest BCUT2D eigenvalue weighted by atomic mass is 10.3. The third-order valence-electron chi connectivity index (χ3n) is 2.02. The highest BCUT2D eigenvalue weighted by Gasteiger charge is 2.23. The highest BCUT2D eigenvalue weighted by Crippen LogP contribution is 2.03. The number of hydrogen-bond donors (Lipinski definition) is 0. The molecule has 0 atom stereocenters. The largest absolute Gasteiger partial charge is 0.333 e. The Balaban J connectivity index is 3.22. The molecule has 0 aliphatic carbocycles. The zero-order chi connectivity index (χ0) is 10.2. The molecule has 1 heterocycles. The summed E-state index contributed by atoms with van der Waals surface area (Å²) in [5, 5.41) is 0. The Kier molecular flexibility index (Phi) is 2.43. The van der Waals surface area contributed by atoms with E-state index in [0.717, 1.165) is 5.45 Å². The maximum absolute atomic E-state index is 11.2. The molecule has 0 aromatic carbocycles. The van der Waals surface area contributed by atoms with Crippen molar-refractivity contribution in [1.82, 2.24) is 9.55 Å². The number of carbonyl (C=O) groups excluding carboxylic acids is 1. The van der Waals surface area contributed by atoms with Gasteiger partial charge in [0.05, 0.1) is 11.6 Å². The van der Waals surface area contributed by atoms with Crippen molar-refractivity contribution in [3.63, 3.8) is 0 Å². The van der Waals surface area contributed by atoms with E-state index in [9.17, 15) is 4.79 Å². The zero-order valence-electron chi connectivity index (χ0n) is 8.88. The molecule has 1 aromatic rings. The molecule has 0 unspecified atom stereocenters. The van der Waals surface area contributed by atoms with Gasteiger partial charge in [-0.05, 0) is 0 Å². The molecule has 13 heavy (non-hydrogen) atoms. The maximum atomic E-state index is 11.2. The number of hydrogen-bond acceptors (Lipinski definition) is 2. The summed E-state index contributed by atoms with van der Waals surface area (Å²) in [6.45, 7) is 8.24. The Bertz CT molecular complexity index is 336. The summed E-state index contributed by atoms with van der Waals surface area (Å²) in [5.41, 5.74) is 1.79. The lowest BCUT2D eigenvalue weighted by molar-refractivity contribution is 0.101. The second-order valence-electron chi connectivity index (χ2n) is 4.33. The number of aromatic nitrogens is 2. The van der Waals surface area contributed by atoms with Gasteiger partial charge < -0.3 is 4.57 Å². The normalized spacial score (nSPS) is 11.8. The molecule has 4 heteroatoms. The molecule has 0 aliphatic heterocycles. The molecule has 0 spiro atoms. The van der Waals surface area contributed by atoms with Gasteiger partial charge in [0.15, 0.2) is 5.78 Å². The molecular weight excluding hydrogens is 180 g/mol. The van der Waals surface area contributed by atoms with Crippen LogP contribution in [0.4, 0.5) is 0 Å². The van der Waals surface area contributed by atoms with Crippen LogP contribution >= 0.6 is 0 Å². The molecule has 72 valence electrons. The van der Waals surface area contributed by atoms with Gasteiger partial charge in [-0.25, -0.2) is 4.98 Å². The van der Waals surface area contributed by atoms with Crippen LogP contribution in [0.15, 0.2) is 6.20 Å². The van der Waals surface area contributed by atoms with Crippen molar-refractivity contribution in [3.05, 3.63) is 11.9 Å². The van der Waals surface area contributed by atoms with E-state index in [0.29, 0.717) is 5.69 Å². The average molecular weight is 196 g/mol. The van der Waals surface area contributed by atoms with Gasteiger partial charge >= 0.3 is 0 Å². The summed E-state index contributed by atoms with van der Waals surface area (Å²) in [5.74, 6) is 0.0829. The van der Waals surface area contributed by atoms with Gasteiger partial charge in [0.2, 0.25) is 0 Å². The van der Waals surface area contributed by atoms with Crippen molar-refractivity contribution in [2.75, 3.05) is 0 Å². The lowest BCUT2D eigenvalue weighted by Crippen LogP contribution is -2.44. The van der Waals surface area contributed by atoms with E-state index < -0.39 is 8.07 Å². The monoisotopic (exact) mass is 196 g/mol. The van der Waals surface area contributed by atoms with E-state index in [4.69, 9.17) is 0 Å². The van der Waals surface area contributed by atoms with Gasteiger partial charge in [0.25, 0.3) is 0 Å². The van der Waals surface area contributed by atoms with Crippen molar-refractivity contribution >= 4 is 19.3 Å². The van der Waals surface area contributed by atoms with E-state index in [2.05, 4.69) is 24.6 Å². The van der Waals surface area contributed by atoms with Crippen LogP contribution in [0, 0.1) is 0 Å². The molecule has 0 radical (unpaired) electrons. The molecule has 0 fully saturated rings. The van der Waals surface area contributed by atoms with E-state index >= 15 is 0 Å².